The van der Waals surface area contributed by atoms with Crippen LogP contribution in [0.5, 0.6) is 5.75 Å². The minimum absolute atomic E-state index is 0.00115. The third-order valence-electron chi connectivity index (χ3n) is 4.34. The second kappa shape index (κ2) is 7.74. The van der Waals surface area contributed by atoms with E-state index >= 15 is 0 Å². The Morgan fingerprint density at radius 2 is 1.72 bits per heavy atom. The highest BCUT2D eigenvalue weighted by atomic mass is 16.3. The zero-order valence-corrected chi connectivity index (χ0v) is 15.2. The molecule has 2 heterocycles. The fraction of sp³-hybridized carbons (Fsp3) is 0.0455. The van der Waals surface area contributed by atoms with Gasteiger partial charge in [0.05, 0.1) is 42.5 Å². The van der Waals surface area contributed by atoms with Crippen molar-refractivity contribution in [1.29, 1.82) is 5.26 Å². The van der Waals surface area contributed by atoms with E-state index in [0.29, 0.717) is 23.6 Å². The third-order valence-corrected chi connectivity index (χ3v) is 4.34. The van der Waals surface area contributed by atoms with Crippen molar-refractivity contribution in [2.75, 3.05) is 0 Å². The molecule has 0 radical (unpaired) electrons. The number of benzene rings is 2. The average molecular weight is 381 g/mol. The van der Waals surface area contributed by atoms with Gasteiger partial charge in [-0.25, -0.2) is 15.0 Å². The Morgan fingerprint density at radius 1 is 0.966 bits per heavy atom. The van der Waals surface area contributed by atoms with Gasteiger partial charge in [-0.15, -0.1) is 0 Å². The first kappa shape index (κ1) is 18.1. The van der Waals surface area contributed by atoms with Gasteiger partial charge >= 0.3 is 0 Å². The summed E-state index contributed by atoms with van der Waals surface area (Å²) in [5.41, 5.74) is 3.36. The molecule has 0 aliphatic carbocycles. The SMILES string of the molecule is N#Cc1cccc(-c2cn(Cc3cccc(-c4ncc(O)cn4)c3)c(=O)cn2)c1. The lowest BCUT2D eigenvalue weighted by Gasteiger charge is -2.09. The predicted octanol–water partition coefficient (Wildman–Crippen LogP) is 2.99. The molecule has 140 valence electrons. The van der Waals surface area contributed by atoms with Crippen LogP contribution in [-0.2, 0) is 6.54 Å². The van der Waals surface area contributed by atoms with E-state index in [4.69, 9.17) is 5.26 Å². The van der Waals surface area contributed by atoms with E-state index < -0.39 is 0 Å². The molecule has 29 heavy (non-hydrogen) atoms. The van der Waals surface area contributed by atoms with Crippen molar-refractivity contribution in [3.63, 3.8) is 0 Å². The molecule has 0 bridgehead atoms. The summed E-state index contributed by atoms with van der Waals surface area (Å²) in [6, 6.07) is 16.7. The number of nitrogens with zero attached hydrogens (tertiary/aromatic N) is 5. The highest BCUT2D eigenvalue weighted by molar-refractivity contribution is 5.60. The van der Waals surface area contributed by atoms with Gasteiger partial charge in [0.25, 0.3) is 5.56 Å². The lowest BCUT2D eigenvalue weighted by atomic mass is 10.1. The second-order valence-electron chi connectivity index (χ2n) is 6.40. The molecule has 2 aromatic heterocycles. The zero-order valence-electron chi connectivity index (χ0n) is 15.2. The van der Waals surface area contributed by atoms with Crippen LogP contribution in [0.2, 0.25) is 0 Å². The van der Waals surface area contributed by atoms with Crippen LogP contribution in [0.3, 0.4) is 0 Å². The Kier molecular flexibility index (Phi) is 4.82. The quantitative estimate of drug-likeness (QED) is 0.583. The van der Waals surface area contributed by atoms with E-state index in [1.54, 1.807) is 29.0 Å². The van der Waals surface area contributed by atoms with Gasteiger partial charge in [0, 0.05) is 17.3 Å². The molecule has 0 fully saturated rings. The smallest absolute Gasteiger partial charge is 0.269 e. The highest BCUT2D eigenvalue weighted by Gasteiger charge is 2.07. The first-order valence-corrected chi connectivity index (χ1v) is 8.80. The first-order valence-electron chi connectivity index (χ1n) is 8.80. The van der Waals surface area contributed by atoms with Crippen LogP contribution < -0.4 is 5.56 Å². The molecule has 0 aliphatic rings. The average Bonchev–Trinajstić information content (AvgIpc) is 2.76. The maximum atomic E-state index is 12.3. The molecule has 2 aromatic carbocycles. The normalized spacial score (nSPS) is 10.4. The fourth-order valence-electron chi connectivity index (χ4n) is 2.94. The lowest BCUT2D eigenvalue weighted by Crippen LogP contribution is -2.20. The molecule has 0 atom stereocenters. The van der Waals surface area contributed by atoms with Crippen molar-refractivity contribution in [3.8, 4) is 34.5 Å². The largest absolute Gasteiger partial charge is 0.505 e. The van der Waals surface area contributed by atoms with Crippen LogP contribution in [0.25, 0.3) is 22.6 Å². The van der Waals surface area contributed by atoms with Gasteiger partial charge in [-0.3, -0.25) is 4.79 Å². The van der Waals surface area contributed by atoms with E-state index in [-0.39, 0.29) is 11.3 Å². The van der Waals surface area contributed by atoms with Crippen molar-refractivity contribution < 1.29 is 5.11 Å². The number of nitriles is 1. The molecule has 0 spiro atoms. The second-order valence-corrected chi connectivity index (χ2v) is 6.40. The van der Waals surface area contributed by atoms with Crippen LogP contribution >= 0.6 is 0 Å². The third kappa shape index (κ3) is 4.01. The summed E-state index contributed by atoms with van der Waals surface area (Å²) in [5.74, 6) is 0.488. The lowest BCUT2D eigenvalue weighted by molar-refractivity contribution is 0.470. The summed E-state index contributed by atoms with van der Waals surface area (Å²) in [6.45, 7) is 0.345. The molecule has 4 rings (SSSR count). The van der Waals surface area contributed by atoms with Crippen molar-refractivity contribution in [1.82, 2.24) is 19.5 Å². The van der Waals surface area contributed by atoms with Crippen LogP contribution in [0.15, 0.2) is 78.1 Å². The van der Waals surface area contributed by atoms with Crippen LogP contribution in [0, 0.1) is 11.3 Å². The van der Waals surface area contributed by atoms with Gasteiger partial charge in [0.2, 0.25) is 0 Å². The number of hydrogen-bond donors (Lipinski definition) is 1. The van der Waals surface area contributed by atoms with E-state index in [9.17, 15) is 9.90 Å². The monoisotopic (exact) mass is 381 g/mol. The standard InChI is InChI=1S/C22H15N5O2/c23-9-15-3-1-5-17(7-15)20-14-27(21(29)12-24-20)13-16-4-2-6-18(8-16)22-25-10-19(28)11-26-22/h1-8,10-12,14,28H,13H2. The summed E-state index contributed by atoms with van der Waals surface area (Å²) in [4.78, 5) is 24.8. The minimum Gasteiger partial charge on any atom is -0.505 e. The molecule has 7 nitrogen and oxygen atoms in total. The molecule has 0 saturated heterocycles. The molecule has 4 aromatic rings. The molecule has 0 unspecified atom stereocenters. The predicted molar refractivity (Wildman–Crippen MR) is 107 cm³/mol. The Morgan fingerprint density at radius 3 is 2.52 bits per heavy atom. The molecule has 0 amide bonds. The van der Waals surface area contributed by atoms with E-state index in [0.717, 1.165) is 16.7 Å². The van der Waals surface area contributed by atoms with E-state index in [1.165, 1.54) is 18.6 Å². The molecule has 1 N–H and O–H groups in total. The highest BCUT2D eigenvalue weighted by Crippen LogP contribution is 2.19. The fourth-order valence-corrected chi connectivity index (χ4v) is 2.94. The molecule has 0 aliphatic heterocycles. The van der Waals surface area contributed by atoms with Gasteiger partial charge in [-0.05, 0) is 23.8 Å². The van der Waals surface area contributed by atoms with Crippen molar-refractivity contribution in [2.45, 2.75) is 6.54 Å². The molecule has 7 heteroatoms. The minimum atomic E-state index is -0.225. The Labute approximate surface area is 166 Å². The maximum absolute atomic E-state index is 12.3. The van der Waals surface area contributed by atoms with E-state index in [2.05, 4.69) is 21.0 Å². The van der Waals surface area contributed by atoms with Crippen molar-refractivity contribution >= 4 is 0 Å². The van der Waals surface area contributed by atoms with Gasteiger partial charge in [-0.2, -0.15) is 5.26 Å². The van der Waals surface area contributed by atoms with Gasteiger partial charge in [0.1, 0.15) is 0 Å². The summed E-state index contributed by atoms with van der Waals surface area (Å²) < 4.78 is 1.57. The Balaban J connectivity index is 1.66. The van der Waals surface area contributed by atoms with Gasteiger partial charge in [-0.1, -0.05) is 30.3 Å². The maximum Gasteiger partial charge on any atom is 0.269 e. The number of hydrogen-bond acceptors (Lipinski definition) is 6. The van der Waals surface area contributed by atoms with Crippen LogP contribution in [0.4, 0.5) is 0 Å². The first-order chi connectivity index (χ1) is 14.1. The summed E-state index contributed by atoms with van der Waals surface area (Å²) >= 11 is 0. The molecular weight excluding hydrogens is 366 g/mol. The summed E-state index contributed by atoms with van der Waals surface area (Å²) in [7, 11) is 0. The van der Waals surface area contributed by atoms with Gasteiger partial charge < -0.3 is 9.67 Å². The van der Waals surface area contributed by atoms with Crippen LogP contribution in [0.1, 0.15) is 11.1 Å². The Bertz CT molecular complexity index is 1270. The summed E-state index contributed by atoms with van der Waals surface area (Å²) in [5, 5.41) is 18.4. The summed E-state index contributed by atoms with van der Waals surface area (Å²) in [6.07, 6.45) is 5.64. The van der Waals surface area contributed by atoms with E-state index in [1.807, 2.05) is 30.3 Å². The van der Waals surface area contributed by atoms with Crippen molar-refractivity contribution in [3.05, 3.63) is 94.8 Å². The van der Waals surface area contributed by atoms with Gasteiger partial charge in [0.15, 0.2) is 11.6 Å². The Hall–Kier alpha value is -4.31. The molecular formula is C22H15N5O2. The zero-order chi connectivity index (χ0) is 20.2. The number of rotatable bonds is 4. The van der Waals surface area contributed by atoms with Crippen LogP contribution in [-0.4, -0.2) is 24.6 Å². The topological polar surface area (TPSA) is 105 Å². The molecule has 0 saturated carbocycles. The van der Waals surface area contributed by atoms with Crippen molar-refractivity contribution in [2.24, 2.45) is 0 Å². The number of aromatic nitrogens is 4. The number of aromatic hydroxyl groups is 1.